The standard InChI is InChI=1S/C17H24N2O2.ClH/c20-12-15-11-19(13-17(15)6-8-18-9-7-17)16(21)10-14-4-2-1-3-5-14;/h1-5,15,18,20H,6-13H2;1H. The molecule has 2 aliphatic heterocycles. The number of piperidine rings is 1. The fraction of sp³-hybridized carbons (Fsp3) is 0.588. The summed E-state index contributed by atoms with van der Waals surface area (Å²) in [6.07, 6.45) is 2.59. The summed E-state index contributed by atoms with van der Waals surface area (Å²) in [4.78, 5) is 14.5. The fourth-order valence-electron chi connectivity index (χ4n) is 3.85. The Hall–Kier alpha value is -1.10. The first kappa shape index (κ1) is 17.3. The molecule has 1 spiro atoms. The molecule has 2 fully saturated rings. The lowest BCUT2D eigenvalue weighted by Crippen LogP contribution is -2.43. The number of likely N-dealkylation sites (tertiary alicyclic amines) is 1. The van der Waals surface area contributed by atoms with E-state index in [0.717, 1.165) is 38.0 Å². The fourth-order valence-corrected chi connectivity index (χ4v) is 3.85. The summed E-state index contributed by atoms with van der Waals surface area (Å²) in [7, 11) is 0. The van der Waals surface area contributed by atoms with E-state index in [0.29, 0.717) is 13.0 Å². The Morgan fingerprint density at radius 1 is 1.27 bits per heavy atom. The van der Waals surface area contributed by atoms with Crippen molar-refractivity contribution >= 4 is 18.3 Å². The molecular weight excluding hydrogens is 300 g/mol. The number of carbonyl (C=O) groups is 1. The molecule has 0 aliphatic carbocycles. The molecule has 2 heterocycles. The van der Waals surface area contributed by atoms with Gasteiger partial charge in [0, 0.05) is 25.6 Å². The van der Waals surface area contributed by atoms with E-state index in [9.17, 15) is 9.90 Å². The Balaban J connectivity index is 0.00000176. The molecule has 2 N–H and O–H groups in total. The average molecular weight is 325 g/mol. The topological polar surface area (TPSA) is 52.6 Å². The average Bonchev–Trinajstić information content (AvgIpc) is 2.87. The molecule has 2 saturated heterocycles. The molecule has 5 heteroatoms. The molecule has 1 unspecified atom stereocenters. The quantitative estimate of drug-likeness (QED) is 0.885. The molecule has 0 saturated carbocycles. The van der Waals surface area contributed by atoms with Gasteiger partial charge in [0.15, 0.2) is 0 Å². The summed E-state index contributed by atoms with van der Waals surface area (Å²) in [5.41, 5.74) is 1.20. The summed E-state index contributed by atoms with van der Waals surface area (Å²) in [5.74, 6) is 0.425. The van der Waals surface area contributed by atoms with Crippen LogP contribution in [0.25, 0.3) is 0 Å². The lowest BCUT2D eigenvalue weighted by atomic mass is 9.71. The zero-order chi connectivity index (χ0) is 14.7. The highest BCUT2D eigenvalue weighted by atomic mass is 35.5. The smallest absolute Gasteiger partial charge is 0.227 e. The minimum Gasteiger partial charge on any atom is -0.396 e. The van der Waals surface area contributed by atoms with Crippen molar-refractivity contribution in [3.8, 4) is 0 Å². The van der Waals surface area contributed by atoms with Crippen LogP contribution < -0.4 is 5.32 Å². The van der Waals surface area contributed by atoms with E-state index in [1.54, 1.807) is 0 Å². The molecule has 1 atom stereocenters. The van der Waals surface area contributed by atoms with Gasteiger partial charge in [0.2, 0.25) is 5.91 Å². The van der Waals surface area contributed by atoms with Gasteiger partial charge < -0.3 is 15.3 Å². The van der Waals surface area contributed by atoms with Gasteiger partial charge >= 0.3 is 0 Å². The predicted octanol–water partition coefficient (Wildman–Crippen LogP) is 1.47. The minimum absolute atomic E-state index is 0. The third-order valence-corrected chi connectivity index (χ3v) is 5.18. The van der Waals surface area contributed by atoms with E-state index in [2.05, 4.69) is 5.32 Å². The number of amides is 1. The number of hydrogen-bond donors (Lipinski definition) is 2. The first-order valence-electron chi connectivity index (χ1n) is 7.87. The molecule has 0 radical (unpaired) electrons. The van der Waals surface area contributed by atoms with Gasteiger partial charge in [0.05, 0.1) is 6.42 Å². The van der Waals surface area contributed by atoms with E-state index < -0.39 is 0 Å². The lowest BCUT2D eigenvalue weighted by Gasteiger charge is -2.37. The van der Waals surface area contributed by atoms with E-state index in [1.165, 1.54) is 0 Å². The molecule has 4 nitrogen and oxygen atoms in total. The molecule has 0 aromatic heterocycles. The number of halogens is 1. The van der Waals surface area contributed by atoms with E-state index in [-0.39, 0.29) is 36.3 Å². The second-order valence-electron chi connectivity index (χ2n) is 6.43. The van der Waals surface area contributed by atoms with Crippen LogP contribution in [0.4, 0.5) is 0 Å². The maximum Gasteiger partial charge on any atom is 0.227 e. The van der Waals surface area contributed by atoms with Crippen LogP contribution in [0, 0.1) is 11.3 Å². The molecule has 3 rings (SSSR count). The van der Waals surface area contributed by atoms with Crippen molar-refractivity contribution in [2.24, 2.45) is 11.3 Å². The van der Waals surface area contributed by atoms with Crippen LogP contribution in [-0.2, 0) is 11.2 Å². The van der Waals surface area contributed by atoms with Crippen LogP contribution in [0.2, 0.25) is 0 Å². The third-order valence-electron chi connectivity index (χ3n) is 5.18. The Labute approximate surface area is 138 Å². The molecule has 22 heavy (non-hydrogen) atoms. The van der Waals surface area contributed by atoms with Crippen LogP contribution in [0.15, 0.2) is 30.3 Å². The summed E-state index contributed by atoms with van der Waals surface area (Å²) in [5, 5.41) is 13.1. The Morgan fingerprint density at radius 3 is 2.59 bits per heavy atom. The van der Waals surface area contributed by atoms with Gasteiger partial charge in [0.1, 0.15) is 0 Å². The number of nitrogens with one attached hydrogen (secondary N) is 1. The first-order chi connectivity index (χ1) is 10.2. The van der Waals surface area contributed by atoms with E-state index in [1.807, 2.05) is 35.2 Å². The van der Waals surface area contributed by atoms with Crippen molar-refractivity contribution in [3.05, 3.63) is 35.9 Å². The van der Waals surface area contributed by atoms with Crippen LogP contribution >= 0.6 is 12.4 Å². The van der Waals surface area contributed by atoms with E-state index in [4.69, 9.17) is 0 Å². The number of aliphatic hydroxyl groups is 1. The minimum atomic E-state index is 0. The normalized spacial score (nSPS) is 23.3. The van der Waals surface area contributed by atoms with Crippen molar-refractivity contribution in [1.82, 2.24) is 10.2 Å². The maximum absolute atomic E-state index is 12.5. The van der Waals surface area contributed by atoms with Crippen LogP contribution in [0.5, 0.6) is 0 Å². The number of benzene rings is 1. The molecular formula is C17H25ClN2O2. The van der Waals surface area contributed by atoms with E-state index >= 15 is 0 Å². The Kier molecular flexibility index (Phi) is 5.84. The highest BCUT2D eigenvalue weighted by molar-refractivity contribution is 5.85. The van der Waals surface area contributed by atoms with Crippen LogP contribution in [-0.4, -0.2) is 48.7 Å². The number of aliphatic hydroxyl groups excluding tert-OH is 1. The second kappa shape index (κ2) is 7.44. The molecule has 1 amide bonds. The molecule has 122 valence electrons. The third kappa shape index (κ3) is 3.45. The van der Waals surface area contributed by atoms with Gasteiger partial charge in [-0.1, -0.05) is 30.3 Å². The summed E-state index contributed by atoms with van der Waals surface area (Å²) >= 11 is 0. The van der Waals surface area contributed by atoms with Crippen LogP contribution in [0.3, 0.4) is 0 Å². The highest BCUT2D eigenvalue weighted by Crippen LogP contribution is 2.43. The lowest BCUT2D eigenvalue weighted by molar-refractivity contribution is -0.130. The van der Waals surface area contributed by atoms with Gasteiger partial charge in [-0.15, -0.1) is 12.4 Å². The van der Waals surface area contributed by atoms with Crippen molar-refractivity contribution in [1.29, 1.82) is 0 Å². The van der Waals surface area contributed by atoms with Crippen molar-refractivity contribution < 1.29 is 9.90 Å². The van der Waals surface area contributed by atoms with Gasteiger partial charge in [-0.2, -0.15) is 0 Å². The van der Waals surface area contributed by atoms with Crippen molar-refractivity contribution in [3.63, 3.8) is 0 Å². The van der Waals surface area contributed by atoms with Crippen molar-refractivity contribution in [2.45, 2.75) is 19.3 Å². The zero-order valence-electron chi connectivity index (χ0n) is 12.8. The monoisotopic (exact) mass is 324 g/mol. The first-order valence-corrected chi connectivity index (χ1v) is 7.87. The molecule has 1 aromatic rings. The number of rotatable bonds is 3. The molecule has 1 aromatic carbocycles. The largest absolute Gasteiger partial charge is 0.396 e. The summed E-state index contributed by atoms with van der Waals surface area (Å²) in [6, 6.07) is 9.90. The maximum atomic E-state index is 12.5. The molecule has 0 bridgehead atoms. The Morgan fingerprint density at radius 2 is 1.95 bits per heavy atom. The second-order valence-corrected chi connectivity index (χ2v) is 6.43. The predicted molar refractivity (Wildman–Crippen MR) is 89.1 cm³/mol. The number of nitrogens with zero attached hydrogens (tertiary/aromatic N) is 1. The zero-order valence-corrected chi connectivity index (χ0v) is 13.6. The number of carbonyl (C=O) groups excluding carboxylic acids is 1. The Bertz CT molecular complexity index is 489. The molecule has 2 aliphatic rings. The van der Waals surface area contributed by atoms with Gasteiger partial charge in [-0.05, 0) is 36.9 Å². The van der Waals surface area contributed by atoms with Crippen molar-refractivity contribution in [2.75, 3.05) is 32.8 Å². The van der Waals surface area contributed by atoms with Gasteiger partial charge in [-0.3, -0.25) is 4.79 Å². The SMILES string of the molecule is Cl.O=C(Cc1ccccc1)N1CC(CO)C2(CCNCC2)C1. The summed E-state index contributed by atoms with van der Waals surface area (Å²) in [6.45, 7) is 3.71. The number of hydrogen-bond acceptors (Lipinski definition) is 3. The van der Waals surface area contributed by atoms with Gasteiger partial charge in [-0.25, -0.2) is 0 Å². The van der Waals surface area contributed by atoms with Crippen LogP contribution in [0.1, 0.15) is 18.4 Å². The van der Waals surface area contributed by atoms with Gasteiger partial charge in [0.25, 0.3) is 0 Å². The summed E-state index contributed by atoms with van der Waals surface area (Å²) < 4.78 is 0. The highest BCUT2D eigenvalue weighted by Gasteiger charge is 2.47.